The predicted molar refractivity (Wildman–Crippen MR) is 88.8 cm³/mol. The maximum Gasteiger partial charge on any atom is 0.514 e. The number of fused-ring (bicyclic) bond motifs is 1. The van der Waals surface area contributed by atoms with Gasteiger partial charge in [-0.25, -0.2) is 4.79 Å². The molecule has 1 saturated heterocycles. The van der Waals surface area contributed by atoms with E-state index in [1.165, 1.54) is 7.11 Å². The van der Waals surface area contributed by atoms with Gasteiger partial charge < -0.3 is 14.0 Å². The van der Waals surface area contributed by atoms with E-state index >= 15 is 0 Å². The zero-order valence-corrected chi connectivity index (χ0v) is 14.0. The second-order valence-electron chi connectivity index (χ2n) is 6.72. The lowest BCUT2D eigenvalue weighted by Crippen LogP contribution is -2.41. The highest BCUT2D eigenvalue weighted by molar-refractivity contribution is 6.61. The lowest BCUT2D eigenvalue weighted by atomic mass is 9.84. The maximum absolute atomic E-state index is 11.6. The minimum atomic E-state index is -0.496. The molecule has 1 aromatic heterocycles. The fraction of sp³-hybridized carbons (Fsp3) is 0.412. The van der Waals surface area contributed by atoms with E-state index in [0.717, 1.165) is 16.5 Å². The van der Waals surface area contributed by atoms with Gasteiger partial charge in [0.15, 0.2) is 0 Å². The Morgan fingerprint density at radius 3 is 2.35 bits per heavy atom. The highest BCUT2D eigenvalue weighted by atomic mass is 16.7. The molecule has 120 valence electrons. The van der Waals surface area contributed by atoms with Crippen LogP contribution in [0.5, 0.6) is 0 Å². The summed E-state index contributed by atoms with van der Waals surface area (Å²) in [6.07, 6.45) is 0. The Balaban J connectivity index is 1.94. The van der Waals surface area contributed by atoms with E-state index in [4.69, 9.17) is 14.0 Å². The number of pyridine rings is 1. The van der Waals surface area contributed by atoms with Crippen molar-refractivity contribution in [3.63, 3.8) is 0 Å². The molecule has 0 amide bonds. The Kier molecular flexibility index (Phi) is 3.69. The van der Waals surface area contributed by atoms with Gasteiger partial charge in [0, 0.05) is 5.39 Å². The quantitative estimate of drug-likeness (QED) is 0.629. The van der Waals surface area contributed by atoms with E-state index in [9.17, 15) is 4.79 Å². The zero-order chi connectivity index (χ0) is 16.8. The molecular weight excluding hydrogens is 293 g/mol. The standard InChI is InChI=1S/C17H20BNO4/c1-16(2)17(3,4)23-18(22-16)14-9-7-11-10-12(15(20)21-5)6-8-13(11)19-14/h6-10H,1-5H3. The van der Waals surface area contributed by atoms with Crippen molar-refractivity contribution in [1.82, 2.24) is 4.98 Å². The summed E-state index contributed by atoms with van der Waals surface area (Å²) in [5.41, 5.74) is 1.21. The number of esters is 1. The monoisotopic (exact) mass is 313 g/mol. The average Bonchev–Trinajstić information content (AvgIpc) is 2.73. The van der Waals surface area contributed by atoms with Crippen LogP contribution in [0.15, 0.2) is 30.3 Å². The van der Waals surface area contributed by atoms with Gasteiger partial charge in [0.1, 0.15) is 0 Å². The van der Waals surface area contributed by atoms with Crippen LogP contribution in [0.25, 0.3) is 10.9 Å². The van der Waals surface area contributed by atoms with Gasteiger partial charge in [0.05, 0.1) is 35.0 Å². The molecule has 1 aliphatic heterocycles. The largest absolute Gasteiger partial charge is 0.514 e. The molecule has 0 radical (unpaired) electrons. The van der Waals surface area contributed by atoms with Crippen LogP contribution < -0.4 is 5.59 Å². The number of benzene rings is 1. The summed E-state index contributed by atoms with van der Waals surface area (Å²) >= 11 is 0. The van der Waals surface area contributed by atoms with Crippen LogP contribution in [0.3, 0.4) is 0 Å². The number of ether oxygens (including phenoxy) is 1. The third-order valence-corrected chi connectivity index (χ3v) is 4.63. The van der Waals surface area contributed by atoms with E-state index in [1.807, 2.05) is 39.8 Å². The maximum atomic E-state index is 11.6. The molecule has 1 aromatic carbocycles. The number of aromatic nitrogens is 1. The third-order valence-electron chi connectivity index (χ3n) is 4.63. The minimum absolute atomic E-state index is 0.359. The number of carbonyl (C=O) groups is 1. The summed E-state index contributed by atoms with van der Waals surface area (Å²) in [4.78, 5) is 16.2. The molecule has 0 unspecified atom stereocenters. The van der Waals surface area contributed by atoms with Crippen molar-refractivity contribution in [2.45, 2.75) is 38.9 Å². The molecule has 0 bridgehead atoms. The van der Waals surface area contributed by atoms with Crippen molar-refractivity contribution >= 4 is 29.6 Å². The van der Waals surface area contributed by atoms with Gasteiger partial charge in [-0.15, -0.1) is 0 Å². The molecule has 2 aromatic rings. The summed E-state index contributed by atoms with van der Waals surface area (Å²) in [7, 11) is 0.872. The van der Waals surface area contributed by atoms with Crippen molar-refractivity contribution in [3.8, 4) is 0 Å². The molecule has 1 aliphatic rings. The molecule has 1 fully saturated rings. The minimum Gasteiger partial charge on any atom is -0.465 e. The first-order chi connectivity index (χ1) is 10.7. The smallest absolute Gasteiger partial charge is 0.465 e. The Labute approximate surface area is 136 Å². The summed E-state index contributed by atoms with van der Waals surface area (Å²) in [6.45, 7) is 8.04. The fourth-order valence-electron chi connectivity index (χ4n) is 2.48. The zero-order valence-electron chi connectivity index (χ0n) is 14.0. The topological polar surface area (TPSA) is 57.7 Å². The molecule has 0 saturated carbocycles. The lowest BCUT2D eigenvalue weighted by molar-refractivity contribution is 0.00578. The molecule has 0 aliphatic carbocycles. The van der Waals surface area contributed by atoms with E-state index < -0.39 is 18.3 Å². The van der Waals surface area contributed by atoms with Crippen LogP contribution >= 0.6 is 0 Å². The van der Waals surface area contributed by atoms with Gasteiger partial charge in [-0.2, -0.15) is 0 Å². The molecule has 6 heteroatoms. The lowest BCUT2D eigenvalue weighted by Gasteiger charge is -2.32. The first kappa shape index (κ1) is 16.0. The molecule has 0 N–H and O–H groups in total. The summed E-state index contributed by atoms with van der Waals surface area (Å²) in [6, 6.07) is 9.05. The molecule has 3 rings (SSSR count). The number of rotatable bonds is 2. The van der Waals surface area contributed by atoms with E-state index in [-0.39, 0.29) is 5.97 Å². The number of carbonyl (C=O) groups excluding carboxylic acids is 1. The third kappa shape index (κ3) is 2.73. The Bertz CT molecular complexity index is 756. The van der Waals surface area contributed by atoms with E-state index in [0.29, 0.717) is 5.56 Å². The van der Waals surface area contributed by atoms with Crippen molar-refractivity contribution < 1.29 is 18.8 Å². The SMILES string of the molecule is COC(=O)c1ccc2nc(B3OC(C)(C)C(C)(C)O3)ccc2c1. The average molecular weight is 313 g/mol. The molecule has 0 spiro atoms. The van der Waals surface area contributed by atoms with Gasteiger partial charge in [-0.1, -0.05) is 6.07 Å². The first-order valence-corrected chi connectivity index (χ1v) is 7.58. The highest BCUT2D eigenvalue weighted by Gasteiger charge is 2.52. The van der Waals surface area contributed by atoms with Crippen molar-refractivity contribution in [3.05, 3.63) is 35.9 Å². The normalized spacial score (nSPS) is 19.1. The summed E-state index contributed by atoms with van der Waals surface area (Å²) in [5, 5.41) is 0.869. The van der Waals surface area contributed by atoms with Gasteiger partial charge in [0.25, 0.3) is 0 Å². The van der Waals surface area contributed by atoms with Crippen LogP contribution in [-0.2, 0) is 14.0 Å². The van der Waals surface area contributed by atoms with Crippen LogP contribution in [0.1, 0.15) is 38.1 Å². The number of methoxy groups -OCH3 is 1. The predicted octanol–water partition coefficient (Wildman–Crippen LogP) is 2.32. The second-order valence-corrected chi connectivity index (χ2v) is 6.72. The Hall–Kier alpha value is -1.92. The van der Waals surface area contributed by atoms with Gasteiger partial charge in [0.2, 0.25) is 0 Å². The Morgan fingerprint density at radius 1 is 1.09 bits per heavy atom. The van der Waals surface area contributed by atoms with Gasteiger partial charge >= 0.3 is 13.1 Å². The summed E-state index contributed by atoms with van der Waals surface area (Å²) < 4.78 is 16.8. The van der Waals surface area contributed by atoms with Gasteiger partial charge in [-0.3, -0.25) is 4.98 Å². The van der Waals surface area contributed by atoms with E-state index in [2.05, 4.69) is 4.98 Å². The molecular formula is C17H20BNO4. The van der Waals surface area contributed by atoms with Crippen LogP contribution in [-0.4, -0.2) is 36.4 Å². The first-order valence-electron chi connectivity index (χ1n) is 7.58. The van der Waals surface area contributed by atoms with Crippen LogP contribution in [0.4, 0.5) is 0 Å². The van der Waals surface area contributed by atoms with Crippen LogP contribution in [0.2, 0.25) is 0 Å². The van der Waals surface area contributed by atoms with Crippen molar-refractivity contribution in [2.75, 3.05) is 7.11 Å². The number of hydrogen-bond donors (Lipinski definition) is 0. The molecule has 2 heterocycles. The van der Waals surface area contributed by atoms with Crippen molar-refractivity contribution in [1.29, 1.82) is 0 Å². The summed E-state index contributed by atoms with van der Waals surface area (Å²) in [5.74, 6) is -0.359. The molecule has 5 nitrogen and oxygen atoms in total. The molecule has 0 atom stereocenters. The Morgan fingerprint density at radius 2 is 1.74 bits per heavy atom. The van der Waals surface area contributed by atoms with Crippen LogP contribution in [0, 0.1) is 0 Å². The molecule has 23 heavy (non-hydrogen) atoms. The highest BCUT2D eigenvalue weighted by Crippen LogP contribution is 2.36. The van der Waals surface area contributed by atoms with Crippen molar-refractivity contribution in [2.24, 2.45) is 0 Å². The fourth-order valence-corrected chi connectivity index (χ4v) is 2.48. The van der Waals surface area contributed by atoms with E-state index in [1.54, 1.807) is 18.2 Å². The second kappa shape index (κ2) is 5.32. The number of hydrogen-bond acceptors (Lipinski definition) is 5. The van der Waals surface area contributed by atoms with Gasteiger partial charge in [-0.05, 0) is 52.0 Å². The number of nitrogens with zero attached hydrogens (tertiary/aromatic N) is 1.